The molecule has 0 aromatic heterocycles. The number of ether oxygens (including phenoxy) is 1. The molecule has 0 atom stereocenters. The van der Waals surface area contributed by atoms with Crippen molar-refractivity contribution in [2.45, 2.75) is 50.2 Å². The second-order valence-electron chi connectivity index (χ2n) is 6.94. The second kappa shape index (κ2) is 7.94. The van der Waals surface area contributed by atoms with Gasteiger partial charge in [-0.05, 0) is 67.7 Å². The average Bonchev–Trinajstić information content (AvgIpc) is 2.48. The molecule has 25 heavy (non-hydrogen) atoms. The van der Waals surface area contributed by atoms with E-state index in [9.17, 15) is 13.2 Å². The number of halogens is 2. The zero-order valence-electron chi connectivity index (χ0n) is 14.4. The van der Waals surface area contributed by atoms with E-state index in [0.717, 1.165) is 0 Å². The van der Waals surface area contributed by atoms with E-state index >= 15 is 0 Å². The molecular formula is C16H22Br2N2O4S. The quantitative estimate of drug-likeness (QED) is 0.687. The molecule has 2 rings (SSSR count). The summed E-state index contributed by atoms with van der Waals surface area (Å²) in [4.78, 5) is 13.9. The summed E-state index contributed by atoms with van der Waals surface area (Å²) < 4.78 is 34.5. The molecule has 140 valence electrons. The summed E-state index contributed by atoms with van der Waals surface area (Å²) in [6.45, 7) is 6.38. The molecule has 0 bridgehead atoms. The minimum absolute atomic E-state index is 0.191. The third kappa shape index (κ3) is 5.94. The number of sulfonamides is 1. The highest BCUT2D eigenvalue weighted by atomic mass is 79.9. The first-order chi connectivity index (χ1) is 11.5. The molecule has 1 amide bonds. The monoisotopic (exact) mass is 496 g/mol. The van der Waals surface area contributed by atoms with Gasteiger partial charge in [0, 0.05) is 28.1 Å². The van der Waals surface area contributed by atoms with Gasteiger partial charge >= 0.3 is 6.09 Å². The van der Waals surface area contributed by atoms with Crippen LogP contribution in [-0.2, 0) is 14.8 Å². The summed E-state index contributed by atoms with van der Waals surface area (Å²) in [6.07, 6.45) is 0.734. The third-order valence-corrected chi connectivity index (χ3v) is 6.66. The third-order valence-electron chi connectivity index (χ3n) is 3.65. The van der Waals surface area contributed by atoms with Gasteiger partial charge in [-0.25, -0.2) is 17.9 Å². The van der Waals surface area contributed by atoms with Crippen LogP contribution in [0.2, 0.25) is 0 Å². The Labute approximate surface area is 165 Å². The van der Waals surface area contributed by atoms with E-state index in [1.54, 1.807) is 23.1 Å². The molecule has 0 radical (unpaired) electrons. The number of benzene rings is 1. The number of amides is 1. The molecule has 1 aromatic carbocycles. The Morgan fingerprint density at radius 3 is 2.40 bits per heavy atom. The fourth-order valence-electron chi connectivity index (χ4n) is 2.47. The van der Waals surface area contributed by atoms with Crippen molar-refractivity contribution in [3.63, 3.8) is 0 Å². The summed E-state index contributed by atoms with van der Waals surface area (Å²) in [5, 5.41) is 0. The Morgan fingerprint density at radius 1 is 1.24 bits per heavy atom. The molecule has 1 aliphatic rings. The highest BCUT2D eigenvalue weighted by Gasteiger charge is 2.29. The molecule has 1 fully saturated rings. The Balaban J connectivity index is 1.97. The van der Waals surface area contributed by atoms with Crippen LogP contribution < -0.4 is 4.72 Å². The number of carbonyl (C=O) groups excluding carboxylic acids is 1. The molecule has 9 heteroatoms. The van der Waals surface area contributed by atoms with Crippen LogP contribution in [0.15, 0.2) is 32.0 Å². The number of hydrogen-bond acceptors (Lipinski definition) is 4. The van der Waals surface area contributed by atoms with Gasteiger partial charge in [0.25, 0.3) is 0 Å². The molecule has 0 spiro atoms. The van der Waals surface area contributed by atoms with Crippen molar-refractivity contribution in [1.82, 2.24) is 9.62 Å². The van der Waals surface area contributed by atoms with Crippen molar-refractivity contribution in [3.8, 4) is 0 Å². The maximum absolute atomic E-state index is 12.6. The number of carbonyl (C=O) groups is 1. The first kappa shape index (κ1) is 20.7. The fourth-order valence-corrected chi connectivity index (χ4v) is 5.28. The maximum atomic E-state index is 12.6. The van der Waals surface area contributed by atoms with Crippen LogP contribution >= 0.6 is 31.9 Å². The zero-order chi connectivity index (χ0) is 18.8. The molecule has 1 aliphatic heterocycles. The van der Waals surface area contributed by atoms with Gasteiger partial charge in [0.2, 0.25) is 10.0 Å². The van der Waals surface area contributed by atoms with E-state index in [1.165, 1.54) is 0 Å². The van der Waals surface area contributed by atoms with Gasteiger partial charge in [-0.3, -0.25) is 0 Å². The fraction of sp³-hybridized carbons (Fsp3) is 0.562. The van der Waals surface area contributed by atoms with Crippen LogP contribution in [-0.4, -0.2) is 44.1 Å². The Hall–Kier alpha value is -0.640. The lowest BCUT2D eigenvalue weighted by Crippen LogP contribution is -2.47. The first-order valence-electron chi connectivity index (χ1n) is 7.93. The molecular weight excluding hydrogens is 476 g/mol. The van der Waals surface area contributed by atoms with Crippen molar-refractivity contribution < 1.29 is 17.9 Å². The van der Waals surface area contributed by atoms with E-state index in [4.69, 9.17) is 4.74 Å². The highest BCUT2D eigenvalue weighted by molar-refractivity contribution is 9.11. The minimum atomic E-state index is -3.64. The number of piperidine rings is 1. The number of rotatable bonds is 3. The smallest absolute Gasteiger partial charge is 0.410 e. The van der Waals surface area contributed by atoms with E-state index in [2.05, 4.69) is 36.6 Å². The lowest BCUT2D eigenvalue weighted by molar-refractivity contribution is 0.0203. The van der Waals surface area contributed by atoms with Gasteiger partial charge in [0.1, 0.15) is 5.60 Å². The van der Waals surface area contributed by atoms with Gasteiger partial charge in [-0.15, -0.1) is 0 Å². The second-order valence-corrected chi connectivity index (χ2v) is 10.4. The first-order valence-corrected chi connectivity index (χ1v) is 11.0. The van der Waals surface area contributed by atoms with E-state index in [0.29, 0.717) is 34.9 Å². The lowest BCUT2D eigenvalue weighted by Gasteiger charge is -2.33. The summed E-state index contributed by atoms with van der Waals surface area (Å²) in [6, 6.07) is 4.79. The number of nitrogens with one attached hydrogen (secondary N) is 1. The van der Waals surface area contributed by atoms with Gasteiger partial charge in [-0.2, -0.15) is 0 Å². The SMILES string of the molecule is CC(C)(C)OC(=O)N1CCC(NS(=O)(=O)c2cc(Br)ccc2Br)CC1. The zero-order valence-corrected chi connectivity index (χ0v) is 18.4. The van der Waals surface area contributed by atoms with Crippen LogP contribution in [0.4, 0.5) is 4.79 Å². The van der Waals surface area contributed by atoms with Crippen LogP contribution in [0.3, 0.4) is 0 Å². The molecule has 1 saturated heterocycles. The van der Waals surface area contributed by atoms with Crippen LogP contribution in [0.5, 0.6) is 0 Å². The minimum Gasteiger partial charge on any atom is -0.444 e. The van der Waals surface area contributed by atoms with E-state index in [-0.39, 0.29) is 17.0 Å². The van der Waals surface area contributed by atoms with Gasteiger partial charge in [0.15, 0.2) is 0 Å². The summed E-state index contributed by atoms with van der Waals surface area (Å²) >= 11 is 6.57. The lowest BCUT2D eigenvalue weighted by atomic mass is 10.1. The molecule has 1 aromatic rings. The molecule has 0 saturated carbocycles. The predicted octanol–water partition coefficient (Wildman–Crippen LogP) is 3.89. The average molecular weight is 498 g/mol. The van der Waals surface area contributed by atoms with Crippen molar-refractivity contribution >= 4 is 48.0 Å². The van der Waals surface area contributed by atoms with E-state index < -0.39 is 15.6 Å². The van der Waals surface area contributed by atoms with Crippen LogP contribution in [0.1, 0.15) is 33.6 Å². The molecule has 0 unspecified atom stereocenters. The summed E-state index contributed by atoms with van der Waals surface area (Å²) in [5.74, 6) is 0. The Kier molecular flexibility index (Phi) is 6.56. The van der Waals surface area contributed by atoms with Crippen molar-refractivity contribution in [2.75, 3.05) is 13.1 Å². The number of likely N-dealkylation sites (tertiary alicyclic amines) is 1. The normalized spacial score (nSPS) is 16.8. The van der Waals surface area contributed by atoms with Gasteiger partial charge < -0.3 is 9.64 Å². The Bertz CT molecular complexity index is 739. The van der Waals surface area contributed by atoms with Crippen LogP contribution in [0, 0.1) is 0 Å². The largest absolute Gasteiger partial charge is 0.444 e. The predicted molar refractivity (Wildman–Crippen MR) is 103 cm³/mol. The molecule has 0 aliphatic carbocycles. The summed E-state index contributed by atoms with van der Waals surface area (Å²) in [7, 11) is -3.64. The Morgan fingerprint density at radius 2 is 1.84 bits per heavy atom. The highest BCUT2D eigenvalue weighted by Crippen LogP contribution is 2.26. The van der Waals surface area contributed by atoms with Crippen LogP contribution in [0.25, 0.3) is 0 Å². The number of nitrogens with zero attached hydrogens (tertiary/aromatic N) is 1. The van der Waals surface area contributed by atoms with E-state index in [1.807, 2.05) is 20.8 Å². The molecule has 1 N–H and O–H groups in total. The maximum Gasteiger partial charge on any atom is 0.410 e. The topological polar surface area (TPSA) is 75.7 Å². The van der Waals surface area contributed by atoms with Gasteiger partial charge in [0.05, 0.1) is 4.90 Å². The van der Waals surface area contributed by atoms with Gasteiger partial charge in [-0.1, -0.05) is 15.9 Å². The molecule has 6 nitrogen and oxygen atoms in total. The van der Waals surface area contributed by atoms with Crippen molar-refractivity contribution in [1.29, 1.82) is 0 Å². The number of hydrogen-bond donors (Lipinski definition) is 1. The van der Waals surface area contributed by atoms with Crippen molar-refractivity contribution in [3.05, 3.63) is 27.1 Å². The standard InChI is InChI=1S/C16H22Br2N2O4S/c1-16(2,3)24-15(21)20-8-6-12(7-9-20)19-25(22,23)14-10-11(17)4-5-13(14)18/h4-5,10,12,19H,6-9H2,1-3H3. The van der Waals surface area contributed by atoms with Crippen molar-refractivity contribution in [2.24, 2.45) is 0 Å². The summed E-state index contributed by atoms with van der Waals surface area (Å²) in [5.41, 5.74) is -0.539. The molecule has 1 heterocycles.